The van der Waals surface area contributed by atoms with E-state index in [1.165, 1.54) is 59.3 Å². The molecule has 124 valence electrons. The van der Waals surface area contributed by atoms with Crippen molar-refractivity contribution in [2.45, 2.75) is 77.2 Å². The number of hydrazine groups is 1. The van der Waals surface area contributed by atoms with Crippen LogP contribution < -0.4 is 5.84 Å². The van der Waals surface area contributed by atoms with Crippen molar-refractivity contribution < 1.29 is 0 Å². The molecule has 0 aliphatic heterocycles. The van der Waals surface area contributed by atoms with Crippen LogP contribution in [0, 0.1) is 20.8 Å². The summed E-state index contributed by atoms with van der Waals surface area (Å²) in [6, 6.07) is 2.74. The van der Waals surface area contributed by atoms with Crippen LogP contribution in [0.4, 0.5) is 0 Å². The van der Waals surface area contributed by atoms with Gasteiger partial charge in [-0.2, -0.15) is 4.41 Å². The third-order valence-corrected chi connectivity index (χ3v) is 7.73. The Bertz CT molecular complexity index is 638. The molecular formula is C19H32N2S. The number of nitrogens with two attached hydrogens (primary N) is 1. The molecule has 2 rings (SSSR count). The van der Waals surface area contributed by atoms with Crippen LogP contribution in [0.1, 0.15) is 61.3 Å². The molecule has 2 N–H and O–H groups in total. The van der Waals surface area contributed by atoms with Gasteiger partial charge in [0.1, 0.15) is 0 Å². The highest BCUT2D eigenvalue weighted by Gasteiger charge is 2.25. The standard InChI is InChI=1S/C19H32N2S/c1-7-17-13-14(2)19(16(4)15(17)3)22(5,6)21(20)18-11-9-8-10-12-18/h13,18H,5-12,20H2,1-4H3. The lowest BCUT2D eigenvalue weighted by Crippen LogP contribution is -2.39. The predicted octanol–water partition coefficient (Wildman–Crippen LogP) is 4.63. The van der Waals surface area contributed by atoms with Gasteiger partial charge in [-0.3, -0.25) is 5.84 Å². The van der Waals surface area contributed by atoms with Gasteiger partial charge in [-0.15, -0.1) is 9.39 Å². The Labute approximate surface area is 137 Å². The van der Waals surface area contributed by atoms with Crippen LogP contribution in [0.5, 0.6) is 0 Å². The lowest BCUT2D eigenvalue weighted by molar-refractivity contribution is 0.276. The summed E-state index contributed by atoms with van der Waals surface area (Å²) in [7, 11) is -1.64. The highest BCUT2D eigenvalue weighted by Crippen LogP contribution is 2.43. The van der Waals surface area contributed by atoms with Gasteiger partial charge in [0.15, 0.2) is 0 Å². The lowest BCUT2D eigenvalue weighted by Gasteiger charge is -2.37. The summed E-state index contributed by atoms with van der Waals surface area (Å²) in [6.45, 7) is 8.83. The molecule has 0 unspecified atom stereocenters. The molecule has 3 heteroatoms. The highest BCUT2D eigenvalue weighted by molar-refractivity contribution is 8.25. The Hall–Kier alpha value is -0.770. The quantitative estimate of drug-likeness (QED) is 0.498. The topological polar surface area (TPSA) is 29.3 Å². The van der Waals surface area contributed by atoms with E-state index in [1.807, 2.05) is 4.41 Å². The summed E-state index contributed by atoms with van der Waals surface area (Å²) < 4.78 is 2.02. The minimum absolute atomic E-state index is 0.434. The Morgan fingerprint density at radius 3 is 2.27 bits per heavy atom. The molecule has 0 aromatic heterocycles. The zero-order valence-electron chi connectivity index (χ0n) is 14.7. The maximum atomic E-state index is 6.56. The Kier molecular flexibility index (Phi) is 5.41. The van der Waals surface area contributed by atoms with Crippen LogP contribution in [0.25, 0.3) is 0 Å². The average Bonchev–Trinajstić information content (AvgIpc) is 2.50. The lowest BCUT2D eigenvalue weighted by atomic mass is 9.96. The van der Waals surface area contributed by atoms with Gasteiger partial charge in [-0.05, 0) is 62.3 Å². The Morgan fingerprint density at radius 1 is 1.14 bits per heavy atom. The van der Waals surface area contributed by atoms with Gasteiger partial charge < -0.3 is 0 Å². The van der Waals surface area contributed by atoms with Crippen molar-refractivity contribution in [2.75, 3.05) is 0 Å². The van der Waals surface area contributed by atoms with E-state index < -0.39 is 9.39 Å². The van der Waals surface area contributed by atoms with Crippen LogP contribution in [-0.4, -0.2) is 22.2 Å². The third kappa shape index (κ3) is 3.12. The molecule has 0 saturated heterocycles. The highest BCUT2D eigenvalue weighted by atomic mass is 32.2. The third-order valence-electron chi connectivity index (χ3n) is 5.23. The van der Waals surface area contributed by atoms with Gasteiger partial charge in [0.25, 0.3) is 0 Å². The molecule has 1 aliphatic rings. The first-order valence-corrected chi connectivity index (χ1v) is 10.4. The minimum atomic E-state index is -1.64. The number of nitrogens with zero attached hydrogens (tertiary/aromatic N) is 1. The molecule has 0 radical (unpaired) electrons. The van der Waals surface area contributed by atoms with Crippen LogP contribution in [0.3, 0.4) is 0 Å². The maximum absolute atomic E-state index is 6.56. The summed E-state index contributed by atoms with van der Waals surface area (Å²) in [6.07, 6.45) is 7.32. The monoisotopic (exact) mass is 320 g/mol. The molecule has 1 aliphatic carbocycles. The van der Waals surface area contributed by atoms with E-state index in [-0.39, 0.29) is 0 Å². The molecule has 1 saturated carbocycles. The Balaban J connectivity index is 2.47. The van der Waals surface area contributed by atoms with Crippen LogP contribution >= 0.6 is 9.39 Å². The SMILES string of the molecule is C=S(=C)(c1c(C)cc(CC)c(C)c1C)N(N)C1CCCCC1. The van der Waals surface area contributed by atoms with E-state index in [1.54, 1.807) is 0 Å². The smallest absolute Gasteiger partial charge is 0.0347 e. The van der Waals surface area contributed by atoms with Gasteiger partial charge >= 0.3 is 0 Å². The zero-order valence-corrected chi connectivity index (χ0v) is 15.6. The average molecular weight is 321 g/mol. The van der Waals surface area contributed by atoms with Crippen LogP contribution in [0.15, 0.2) is 11.0 Å². The summed E-state index contributed by atoms with van der Waals surface area (Å²) in [5.41, 5.74) is 5.44. The van der Waals surface area contributed by atoms with Crippen molar-refractivity contribution in [3.05, 3.63) is 28.3 Å². The fourth-order valence-electron chi connectivity index (χ4n) is 3.82. The molecule has 1 aromatic rings. The van der Waals surface area contributed by atoms with E-state index in [9.17, 15) is 0 Å². The van der Waals surface area contributed by atoms with Crippen molar-refractivity contribution in [2.24, 2.45) is 5.84 Å². The molecule has 1 aromatic carbocycles. The molecule has 2 nitrogen and oxygen atoms in total. The Morgan fingerprint density at radius 2 is 1.73 bits per heavy atom. The van der Waals surface area contributed by atoms with E-state index in [2.05, 4.69) is 45.5 Å². The first kappa shape index (κ1) is 17.6. The van der Waals surface area contributed by atoms with Crippen molar-refractivity contribution in [1.82, 2.24) is 4.41 Å². The van der Waals surface area contributed by atoms with Gasteiger partial charge in [0, 0.05) is 10.9 Å². The number of rotatable bonds is 4. The van der Waals surface area contributed by atoms with E-state index >= 15 is 0 Å². The van der Waals surface area contributed by atoms with Crippen molar-refractivity contribution in [3.63, 3.8) is 0 Å². The fourth-order valence-corrected chi connectivity index (χ4v) is 6.19. The van der Waals surface area contributed by atoms with Gasteiger partial charge in [-0.25, -0.2) is 0 Å². The zero-order chi connectivity index (χ0) is 16.5. The first-order chi connectivity index (χ1) is 10.3. The predicted molar refractivity (Wildman–Crippen MR) is 103 cm³/mol. The van der Waals surface area contributed by atoms with Crippen molar-refractivity contribution in [3.8, 4) is 0 Å². The molecule has 0 amide bonds. The molecule has 1 fully saturated rings. The second kappa shape index (κ2) is 6.77. The fraction of sp³-hybridized carbons (Fsp3) is 0.579. The molecule has 0 heterocycles. The van der Waals surface area contributed by atoms with Crippen molar-refractivity contribution >= 4 is 21.1 Å². The molecule has 0 atom stereocenters. The minimum Gasteiger partial charge on any atom is -0.259 e. The largest absolute Gasteiger partial charge is 0.259 e. The number of hydrogen-bond donors (Lipinski definition) is 1. The van der Waals surface area contributed by atoms with E-state index in [0.29, 0.717) is 6.04 Å². The molecule has 22 heavy (non-hydrogen) atoms. The number of hydrogen-bond acceptors (Lipinski definition) is 2. The van der Waals surface area contributed by atoms with E-state index in [4.69, 9.17) is 5.84 Å². The summed E-state index contributed by atoms with van der Waals surface area (Å²) in [4.78, 5) is 1.29. The number of benzene rings is 1. The van der Waals surface area contributed by atoms with Crippen molar-refractivity contribution in [1.29, 1.82) is 0 Å². The van der Waals surface area contributed by atoms with E-state index in [0.717, 1.165) is 6.42 Å². The normalized spacial score (nSPS) is 17.2. The number of aryl methyl sites for hydroxylation is 2. The summed E-state index contributed by atoms with van der Waals surface area (Å²) in [5.74, 6) is 15.6. The first-order valence-electron chi connectivity index (χ1n) is 8.43. The van der Waals surface area contributed by atoms with Crippen LogP contribution in [-0.2, 0) is 6.42 Å². The maximum Gasteiger partial charge on any atom is 0.0347 e. The van der Waals surface area contributed by atoms with Gasteiger partial charge in [0.2, 0.25) is 0 Å². The molecule has 0 bridgehead atoms. The van der Waals surface area contributed by atoms with Crippen LogP contribution in [0.2, 0.25) is 0 Å². The summed E-state index contributed by atoms with van der Waals surface area (Å²) >= 11 is 0. The summed E-state index contributed by atoms with van der Waals surface area (Å²) in [5, 5.41) is 0. The second-order valence-electron chi connectivity index (χ2n) is 6.78. The molecule has 0 spiro atoms. The second-order valence-corrected chi connectivity index (χ2v) is 9.29. The van der Waals surface area contributed by atoms with Gasteiger partial charge in [0.05, 0.1) is 0 Å². The van der Waals surface area contributed by atoms with Gasteiger partial charge in [-0.1, -0.05) is 44.0 Å². The molecular weight excluding hydrogens is 288 g/mol.